The van der Waals surface area contributed by atoms with Crippen molar-refractivity contribution in [3.05, 3.63) is 59.0 Å². The molecule has 0 atom stereocenters. The van der Waals surface area contributed by atoms with Crippen molar-refractivity contribution < 1.29 is 41.8 Å². The van der Waals surface area contributed by atoms with E-state index in [-0.39, 0.29) is 38.5 Å². The quantitative estimate of drug-likeness (QED) is 0.515. The van der Waals surface area contributed by atoms with Gasteiger partial charge >= 0.3 is 0 Å². The summed E-state index contributed by atoms with van der Waals surface area (Å²) in [6, 6.07) is 4.79. The second kappa shape index (κ2) is 9.12. The molecule has 0 aromatic heterocycles. The van der Waals surface area contributed by atoms with Gasteiger partial charge in [-0.25, -0.2) is 4.39 Å². The van der Waals surface area contributed by atoms with E-state index in [2.05, 4.69) is 12.7 Å². The third kappa shape index (κ3) is 4.17. The molecule has 1 aromatic rings. The third-order valence-electron chi connectivity index (χ3n) is 3.07. The number of benzene rings is 1. The molecular formula is C16H16ClFNOSY-. The number of hydrogen-bond donors (Lipinski definition) is 0. The number of allylic oxidation sites excluding steroid dienone is 3. The Bertz CT molecular complexity index is 618. The van der Waals surface area contributed by atoms with Crippen LogP contribution in [-0.2, 0) is 32.7 Å². The average molecular weight is 414 g/mol. The van der Waals surface area contributed by atoms with Crippen LogP contribution < -0.4 is 4.74 Å². The molecule has 0 spiro atoms. The summed E-state index contributed by atoms with van der Waals surface area (Å²) in [5.74, 6) is 0.589. The summed E-state index contributed by atoms with van der Waals surface area (Å²) in [7, 11) is 0. The van der Waals surface area contributed by atoms with Gasteiger partial charge < -0.3 is 9.64 Å². The maximum Gasteiger partial charge on any atom is 0.132 e. The van der Waals surface area contributed by atoms with Crippen molar-refractivity contribution in [2.75, 3.05) is 18.7 Å². The molecule has 1 aromatic carbocycles. The van der Waals surface area contributed by atoms with Gasteiger partial charge in [0.15, 0.2) is 0 Å². The molecule has 1 radical (unpaired) electrons. The van der Waals surface area contributed by atoms with Crippen molar-refractivity contribution in [2.24, 2.45) is 0 Å². The summed E-state index contributed by atoms with van der Waals surface area (Å²) in [5, 5.41) is 0.503. The first kappa shape index (κ1) is 19.8. The standard InChI is InChI=1S/C16H16ClFNOS.Y/c1-4-19-11(2)12(17)8-9-14(19)16-13(18)6-5-7-15(16)20-10-21-3;/h5-8H,2,4,10H2,1,3H3;/q-1;. The van der Waals surface area contributed by atoms with E-state index in [1.165, 1.54) is 17.8 Å². The number of hydrogen-bond acceptors (Lipinski definition) is 3. The Morgan fingerprint density at radius 2 is 2.18 bits per heavy atom. The largest absolute Gasteiger partial charge is 0.495 e. The maximum atomic E-state index is 14.3. The number of ether oxygens (including phenoxy) is 1. The average Bonchev–Trinajstić information content (AvgIpc) is 2.48. The first-order valence-corrected chi connectivity index (χ1v) is 8.23. The molecule has 115 valence electrons. The molecule has 2 rings (SSSR count). The Kier molecular flexibility index (Phi) is 8.19. The van der Waals surface area contributed by atoms with Crippen LogP contribution in [0.3, 0.4) is 0 Å². The zero-order valence-electron chi connectivity index (χ0n) is 12.5. The predicted octanol–water partition coefficient (Wildman–Crippen LogP) is 4.64. The number of halogens is 2. The van der Waals surface area contributed by atoms with Gasteiger partial charge in [0.1, 0.15) is 5.94 Å². The van der Waals surface area contributed by atoms with Crippen LogP contribution in [0.4, 0.5) is 4.39 Å². The second-order valence-corrected chi connectivity index (χ2v) is 5.56. The van der Waals surface area contributed by atoms with Crippen molar-refractivity contribution >= 4 is 29.1 Å². The van der Waals surface area contributed by atoms with E-state index < -0.39 is 0 Å². The zero-order valence-corrected chi connectivity index (χ0v) is 16.9. The van der Waals surface area contributed by atoms with Gasteiger partial charge in [0, 0.05) is 39.3 Å². The Morgan fingerprint density at radius 3 is 2.82 bits per heavy atom. The molecule has 22 heavy (non-hydrogen) atoms. The van der Waals surface area contributed by atoms with Gasteiger partial charge in [-0.1, -0.05) is 18.3 Å². The Hall–Kier alpha value is -0.286. The number of thioether (sulfide) groups is 1. The molecule has 0 saturated heterocycles. The van der Waals surface area contributed by atoms with Crippen LogP contribution in [0.1, 0.15) is 12.5 Å². The van der Waals surface area contributed by atoms with Crippen molar-refractivity contribution in [3.63, 3.8) is 0 Å². The van der Waals surface area contributed by atoms with Gasteiger partial charge in [-0.2, -0.15) is 23.8 Å². The van der Waals surface area contributed by atoms with E-state index >= 15 is 0 Å². The molecular weight excluding hydrogens is 398 g/mol. The van der Waals surface area contributed by atoms with Crippen LogP contribution in [0.2, 0.25) is 0 Å². The summed E-state index contributed by atoms with van der Waals surface area (Å²) in [6.07, 6.45) is 6.57. The van der Waals surface area contributed by atoms with Crippen molar-refractivity contribution in [2.45, 2.75) is 6.92 Å². The van der Waals surface area contributed by atoms with E-state index in [1.54, 1.807) is 18.2 Å². The minimum absolute atomic E-state index is 0. The van der Waals surface area contributed by atoms with Gasteiger partial charge in [-0.3, -0.25) is 0 Å². The summed E-state index contributed by atoms with van der Waals surface area (Å²) >= 11 is 7.60. The van der Waals surface area contributed by atoms with Crippen molar-refractivity contribution in [1.82, 2.24) is 4.90 Å². The Morgan fingerprint density at radius 1 is 1.45 bits per heavy atom. The first-order chi connectivity index (χ1) is 10.1. The van der Waals surface area contributed by atoms with Crippen LogP contribution in [-0.4, -0.2) is 23.6 Å². The molecule has 0 saturated carbocycles. The monoisotopic (exact) mass is 413 g/mol. The fourth-order valence-electron chi connectivity index (χ4n) is 2.09. The molecule has 1 aliphatic rings. The van der Waals surface area contributed by atoms with Crippen LogP contribution >= 0.6 is 23.4 Å². The Balaban J connectivity index is 0.00000242. The molecule has 1 heterocycles. The minimum atomic E-state index is -0.353. The van der Waals surface area contributed by atoms with E-state index in [1.807, 2.05) is 18.1 Å². The van der Waals surface area contributed by atoms with Gasteiger partial charge in [-0.15, -0.1) is 11.8 Å². The van der Waals surface area contributed by atoms with Gasteiger partial charge in [0.25, 0.3) is 0 Å². The molecule has 6 heteroatoms. The molecule has 0 N–H and O–H groups in total. The first-order valence-electron chi connectivity index (χ1n) is 6.46. The molecule has 0 fully saturated rings. The minimum Gasteiger partial charge on any atom is -0.495 e. The van der Waals surface area contributed by atoms with Crippen molar-refractivity contribution in [3.8, 4) is 5.75 Å². The van der Waals surface area contributed by atoms with E-state index in [0.717, 1.165) is 0 Å². The zero-order chi connectivity index (χ0) is 15.4. The smallest absolute Gasteiger partial charge is 0.132 e. The van der Waals surface area contributed by atoms with Crippen LogP contribution in [0, 0.1) is 11.9 Å². The topological polar surface area (TPSA) is 12.5 Å². The normalized spacial score (nSPS) is 14.2. The van der Waals surface area contributed by atoms with E-state index in [9.17, 15) is 4.39 Å². The fourth-order valence-corrected chi connectivity index (χ4v) is 2.49. The van der Waals surface area contributed by atoms with Crippen LogP contribution in [0.25, 0.3) is 5.70 Å². The Labute approximate surface area is 165 Å². The maximum absolute atomic E-state index is 14.3. The van der Waals surface area contributed by atoms with Crippen molar-refractivity contribution in [1.29, 1.82) is 0 Å². The van der Waals surface area contributed by atoms with Gasteiger partial charge in [0.2, 0.25) is 0 Å². The number of nitrogens with zero attached hydrogens (tertiary/aromatic N) is 1. The van der Waals surface area contributed by atoms with Gasteiger partial charge in [-0.05, 0) is 41.6 Å². The summed E-state index contributed by atoms with van der Waals surface area (Å²) in [5.41, 5.74) is 1.60. The van der Waals surface area contributed by atoms with E-state index in [0.29, 0.717) is 40.2 Å². The fraction of sp³-hybridized carbons (Fsp3) is 0.250. The summed E-state index contributed by atoms with van der Waals surface area (Å²) < 4.78 is 20.0. The molecule has 0 amide bonds. The molecule has 0 aliphatic carbocycles. The van der Waals surface area contributed by atoms with E-state index in [4.69, 9.17) is 16.3 Å². The second-order valence-electron chi connectivity index (χ2n) is 4.34. The SMILES string of the molecule is C=C1C(Cl)=C[C-]=C(c2c(F)cccc2OCSC)N1CC.[Y]. The number of rotatable bonds is 5. The molecule has 2 nitrogen and oxygen atoms in total. The van der Waals surface area contributed by atoms with Crippen LogP contribution in [0.15, 0.2) is 41.6 Å². The predicted molar refractivity (Wildman–Crippen MR) is 87.5 cm³/mol. The third-order valence-corrected chi connectivity index (χ3v) is 3.75. The number of likely N-dealkylation sites (N-methyl/N-ethyl adjacent to an activating group) is 1. The molecule has 0 bridgehead atoms. The summed E-state index contributed by atoms with van der Waals surface area (Å²) in [6.45, 7) is 6.50. The molecule has 1 aliphatic heterocycles. The molecule has 0 unspecified atom stereocenters. The van der Waals surface area contributed by atoms with Gasteiger partial charge in [0.05, 0.1) is 11.6 Å². The summed E-state index contributed by atoms with van der Waals surface area (Å²) in [4.78, 5) is 1.83. The van der Waals surface area contributed by atoms with Crippen LogP contribution in [0.5, 0.6) is 5.75 Å².